The minimum atomic E-state index is -0.591. The Labute approximate surface area is 150 Å². The Morgan fingerprint density at radius 3 is 2.64 bits per heavy atom. The molecule has 0 spiro atoms. The second-order valence-electron chi connectivity index (χ2n) is 6.84. The number of ether oxygens (including phenoxy) is 1. The summed E-state index contributed by atoms with van der Waals surface area (Å²) in [6.07, 6.45) is 9.48. The first-order valence-electron chi connectivity index (χ1n) is 8.61. The predicted molar refractivity (Wildman–Crippen MR) is 98.9 cm³/mol. The quantitative estimate of drug-likeness (QED) is 0.369. The molecule has 3 atom stereocenters. The first-order valence-corrected chi connectivity index (χ1v) is 8.61. The summed E-state index contributed by atoms with van der Waals surface area (Å²) in [4.78, 5) is 4.64. The number of guanidine groups is 1. The van der Waals surface area contributed by atoms with Crippen molar-refractivity contribution in [2.45, 2.75) is 82.1 Å². The number of fused-ring (bicyclic) bond motifs is 2. The van der Waals surface area contributed by atoms with E-state index in [-0.39, 0.29) is 24.0 Å². The lowest BCUT2D eigenvalue weighted by atomic mass is 9.85. The molecule has 3 aliphatic rings. The standard InChI is InChI=1S/C16H29N3O2.HI/c1-2-17-15(18-11-16(20)8-4-3-5-9-16)19-13-10-12-6-7-14(13)21-12;/h12-14,20H,2-11H2,1H3,(H2,17,18,19);1H. The second kappa shape index (κ2) is 8.15. The van der Waals surface area contributed by atoms with Gasteiger partial charge in [-0.05, 0) is 39.0 Å². The highest BCUT2D eigenvalue weighted by Gasteiger charge is 2.41. The molecule has 0 aromatic rings. The van der Waals surface area contributed by atoms with E-state index in [4.69, 9.17) is 4.74 Å². The van der Waals surface area contributed by atoms with Crippen LogP contribution in [-0.2, 0) is 4.74 Å². The van der Waals surface area contributed by atoms with E-state index in [0.717, 1.165) is 51.0 Å². The summed E-state index contributed by atoms with van der Waals surface area (Å²) in [5.74, 6) is 0.831. The van der Waals surface area contributed by atoms with Crippen molar-refractivity contribution in [2.75, 3.05) is 13.1 Å². The Hall–Kier alpha value is -0.0800. The van der Waals surface area contributed by atoms with Gasteiger partial charge in [0, 0.05) is 6.54 Å². The number of nitrogens with zero attached hydrogens (tertiary/aromatic N) is 1. The van der Waals surface area contributed by atoms with Gasteiger partial charge in [-0.1, -0.05) is 19.3 Å². The maximum Gasteiger partial charge on any atom is 0.191 e. The number of aliphatic hydroxyl groups is 1. The SMILES string of the molecule is CCNC(=NCC1(O)CCCCC1)NC1CC2CCC1O2.I. The van der Waals surface area contributed by atoms with Gasteiger partial charge in [0.1, 0.15) is 0 Å². The second-order valence-corrected chi connectivity index (χ2v) is 6.84. The van der Waals surface area contributed by atoms with Crippen LogP contribution in [0.2, 0.25) is 0 Å². The van der Waals surface area contributed by atoms with E-state index in [0.29, 0.717) is 24.8 Å². The molecule has 0 radical (unpaired) electrons. The van der Waals surface area contributed by atoms with E-state index >= 15 is 0 Å². The van der Waals surface area contributed by atoms with Crippen molar-refractivity contribution >= 4 is 29.9 Å². The van der Waals surface area contributed by atoms with Crippen molar-refractivity contribution in [1.82, 2.24) is 10.6 Å². The van der Waals surface area contributed by atoms with Crippen LogP contribution in [0, 0.1) is 0 Å². The Morgan fingerprint density at radius 2 is 2.05 bits per heavy atom. The Morgan fingerprint density at radius 1 is 1.27 bits per heavy atom. The first-order chi connectivity index (χ1) is 10.2. The van der Waals surface area contributed by atoms with Crippen LogP contribution < -0.4 is 10.6 Å². The van der Waals surface area contributed by atoms with E-state index in [1.807, 2.05) is 0 Å². The molecule has 0 aromatic heterocycles. The molecule has 0 amide bonds. The normalized spacial score (nSPS) is 33.4. The van der Waals surface area contributed by atoms with Gasteiger partial charge in [0.05, 0.1) is 30.4 Å². The van der Waals surface area contributed by atoms with E-state index in [1.165, 1.54) is 12.8 Å². The largest absolute Gasteiger partial charge is 0.388 e. The molecule has 3 rings (SSSR count). The molecule has 3 unspecified atom stereocenters. The minimum absolute atomic E-state index is 0. The average Bonchev–Trinajstić information content (AvgIpc) is 3.08. The van der Waals surface area contributed by atoms with Crippen LogP contribution >= 0.6 is 24.0 Å². The Kier molecular flexibility index (Phi) is 6.76. The zero-order valence-corrected chi connectivity index (χ0v) is 15.8. The topological polar surface area (TPSA) is 65.9 Å². The van der Waals surface area contributed by atoms with Crippen molar-refractivity contribution in [1.29, 1.82) is 0 Å². The van der Waals surface area contributed by atoms with Crippen molar-refractivity contribution in [2.24, 2.45) is 4.99 Å². The van der Waals surface area contributed by atoms with Crippen LogP contribution in [-0.4, -0.2) is 48.0 Å². The molecule has 22 heavy (non-hydrogen) atoms. The summed E-state index contributed by atoms with van der Waals surface area (Å²) in [6.45, 7) is 3.42. The third-order valence-electron chi connectivity index (χ3n) is 5.09. The fraction of sp³-hybridized carbons (Fsp3) is 0.938. The van der Waals surface area contributed by atoms with Crippen molar-refractivity contribution in [3.05, 3.63) is 0 Å². The van der Waals surface area contributed by atoms with Crippen molar-refractivity contribution in [3.63, 3.8) is 0 Å². The van der Waals surface area contributed by atoms with Gasteiger partial charge < -0.3 is 20.5 Å². The minimum Gasteiger partial charge on any atom is -0.388 e. The maximum absolute atomic E-state index is 10.6. The molecule has 0 aromatic carbocycles. The monoisotopic (exact) mass is 423 g/mol. The van der Waals surface area contributed by atoms with Gasteiger partial charge in [-0.15, -0.1) is 24.0 Å². The molecule has 2 aliphatic heterocycles. The Bertz CT molecular complexity index is 386. The number of halogens is 1. The fourth-order valence-corrected chi connectivity index (χ4v) is 3.88. The summed E-state index contributed by atoms with van der Waals surface area (Å²) in [5, 5.41) is 17.4. The first kappa shape index (κ1) is 18.3. The van der Waals surface area contributed by atoms with Gasteiger partial charge in [-0.3, -0.25) is 4.99 Å². The molecule has 3 N–H and O–H groups in total. The molecule has 5 nitrogen and oxygen atoms in total. The zero-order chi connectivity index (χ0) is 14.7. The lowest BCUT2D eigenvalue weighted by Crippen LogP contribution is -2.48. The van der Waals surface area contributed by atoms with Gasteiger partial charge in [0.2, 0.25) is 0 Å². The lowest BCUT2D eigenvalue weighted by molar-refractivity contribution is 0.0131. The summed E-state index contributed by atoms with van der Waals surface area (Å²) in [6, 6.07) is 0.377. The van der Waals surface area contributed by atoms with Crippen LogP contribution in [0.15, 0.2) is 4.99 Å². The van der Waals surface area contributed by atoms with Gasteiger partial charge in [0.15, 0.2) is 5.96 Å². The van der Waals surface area contributed by atoms with Gasteiger partial charge >= 0.3 is 0 Å². The summed E-state index contributed by atoms with van der Waals surface area (Å²) < 4.78 is 5.88. The van der Waals surface area contributed by atoms with Crippen molar-refractivity contribution in [3.8, 4) is 0 Å². The van der Waals surface area contributed by atoms with E-state index in [9.17, 15) is 5.11 Å². The molecule has 2 heterocycles. The van der Waals surface area contributed by atoms with E-state index < -0.39 is 5.60 Å². The molecular formula is C16H30IN3O2. The number of aliphatic imine (C=N–C) groups is 1. The van der Waals surface area contributed by atoms with E-state index in [2.05, 4.69) is 22.5 Å². The molecule has 1 aliphatic carbocycles. The van der Waals surface area contributed by atoms with Crippen LogP contribution in [0.3, 0.4) is 0 Å². The highest BCUT2D eigenvalue weighted by molar-refractivity contribution is 14.0. The lowest BCUT2D eigenvalue weighted by Gasteiger charge is -2.31. The number of hydrogen-bond acceptors (Lipinski definition) is 3. The van der Waals surface area contributed by atoms with Crippen LogP contribution in [0.25, 0.3) is 0 Å². The average molecular weight is 423 g/mol. The number of hydrogen-bond donors (Lipinski definition) is 3. The smallest absolute Gasteiger partial charge is 0.191 e. The molecule has 3 fully saturated rings. The molecular weight excluding hydrogens is 393 g/mol. The van der Waals surface area contributed by atoms with Crippen molar-refractivity contribution < 1.29 is 9.84 Å². The Balaban J connectivity index is 0.00000176. The highest BCUT2D eigenvalue weighted by Crippen LogP contribution is 2.34. The van der Waals surface area contributed by atoms with Gasteiger partial charge in [-0.25, -0.2) is 0 Å². The predicted octanol–water partition coefficient (Wildman–Crippen LogP) is 2.17. The van der Waals surface area contributed by atoms with Crippen LogP contribution in [0.4, 0.5) is 0 Å². The van der Waals surface area contributed by atoms with Crippen LogP contribution in [0.5, 0.6) is 0 Å². The molecule has 2 saturated heterocycles. The molecule has 2 bridgehead atoms. The molecule has 6 heteroatoms. The van der Waals surface area contributed by atoms with Crippen LogP contribution in [0.1, 0.15) is 58.3 Å². The maximum atomic E-state index is 10.6. The van der Waals surface area contributed by atoms with E-state index in [1.54, 1.807) is 0 Å². The van der Waals surface area contributed by atoms with Gasteiger partial charge in [0.25, 0.3) is 0 Å². The molecule has 1 saturated carbocycles. The summed E-state index contributed by atoms with van der Waals surface area (Å²) in [5.41, 5.74) is -0.591. The third kappa shape index (κ3) is 4.47. The molecule has 128 valence electrons. The number of rotatable bonds is 4. The highest BCUT2D eigenvalue weighted by atomic mass is 127. The number of nitrogens with one attached hydrogen (secondary N) is 2. The fourth-order valence-electron chi connectivity index (χ4n) is 3.88. The van der Waals surface area contributed by atoms with Gasteiger partial charge in [-0.2, -0.15) is 0 Å². The summed E-state index contributed by atoms with van der Waals surface area (Å²) >= 11 is 0. The third-order valence-corrected chi connectivity index (χ3v) is 5.09. The zero-order valence-electron chi connectivity index (χ0n) is 13.5. The summed E-state index contributed by atoms with van der Waals surface area (Å²) in [7, 11) is 0.